The van der Waals surface area contributed by atoms with Gasteiger partial charge in [-0.05, 0) is 41.5 Å². The lowest BCUT2D eigenvalue weighted by molar-refractivity contribution is -0.108. The first-order valence-corrected chi connectivity index (χ1v) is 6.78. The highest BCUT2D eigenvalue weighted by atomic mass is 32.1. The van der Waals surface area contributed by atoms with Crippen molar-refractivity contribution in [3.8, 4) is 11.1 Å². The Labute approximate surface area is 110 Å². The Bertz CT molecular complexity index is 559. The van der Waals surface area contributed by atoms with Crippen LogP contribution in [0.5, 0.6) is 0 Å². The van der Waals surface area contributed by atoms with Crippen LogP contribution in [0, 0.1) is 12.7 Å². The van der Waals surface area contributed by atoms with Crippen molar-refractivity contribution in [3.05, 3.63) is 45.9 Å². The van der Waals surface area contributed by atoms with E-state index < -0.39 is 0 Å². The van der Waals surface area contributed by atoms with Gasteiger partial charge >= 0.3 is 0 Å². The fourth-order valence-corrected chi connectivity index (χ4v) is 2.85. The van der Waals surface area contributed by atoms with Crippen molar-refractivity contribution < 1.29 is 9.18 Å². The van der Waals surface area contributed by atoms with Gasteiger partial charge in [-0.2, -0.15) is 0 Å². The van der Waals surface area contributed by atoms with Crippen LogP contribution in [0.3, 0.4) is 0 Å². The zero-order valence-electron chi connectivity index (χ0n) is 10.4. The lowest BCUT2D eigenvalue weighted by atomic mass is 10.0. The molecule has 0 spiro atoms. The van der Waals surface area contributed by atoms with E-state index in [0.717, 1.165) is 22.3 Å². The van der Waals surface area contributed by atoms with Gasteiger partial charge in [-0.1, -0.05) is 19.1 Å². The van der Waals surface area contributed by atoms with Crippen LogP contribution >= 0.6 is 11.3 Å². The molecule has 0 fully saturated rings. The normalized spacial score (nSPS) is 12.4. The Hall–Kier alpha value is -1.48. The SMILES string of the molecule is Cc1ccc(-c2csc(C(C)CC=O)c2)c(F)c1. The van der Waals surface area contributed by atoms with Gasteiger partial charge in [0.05, 0.1) is 0 Å². The molecule has 3 heteroatoms. The second-order valence-electron chi connectivity index (χ2n) is 4.52. The van der Waals surface area contributed by atoms with Gasteiger partial charge in [0.1, 0.15) is 12.1 Å². The molecule has 2 aromatic rings. The Morgan fingerprint density at radius 1 is 1.39 bits per heavy atom. The minimum absolute atomic E-state index is 0.192. The highest BCUT2D eigenvalue weighted by Gasteiger charge is 2.11. The van der Waals surface area contributed by atoms with Crippen molar-refractivity contribution in [3.63, 3.8) is 0 Å². The molecule has 0 aliphatic heterocycles. The molecule has 0 radical (unpaired) electrons. The summed E-state index contributed by atoms with van der Waals surface area (Å²) in [5, 5.41) is 1.95. The fourth-order valence-electron chi connectivity index (χ4n) is 1.87. The summed E-state index contributed by atoms with van der Waals surface area (Å²) in [5.74, 6) is 0.0112. The first-order valence-electron chi connectivity index (χ1n) is 5.90. The largest absolute Gasteiger partial charge is 0.303 e. The maximum Gasteiger partial charge on any atom is 0.131 e. The molecular weight excluding hydrogens is 247 g/mol. The number of benzene rings is 1. The predicted octanol–water partition coefficient (Wildman–Crippen LogP) is 4.56. The van der Waals surface area contributed by atoms with Crippen LogP contribution in [0.4, 0.5) is 4.39 Å². The van der Waals surface area contributed by atoms with Gasteiger partial charge in [0.25, 0.3) is 0 Å². The van der Waals surface area contributed by atoms with Crippen LogP contribution in [0.15, 0.2) is 29.6 Å². The number of aldehydes is 1. The van der Waals surface area contributed by atoms with Crippen LogP contribution in [0.2, 0.25) is 0 Å². The summed E-state index contributed by atoms with van der Waals surface area (Å²) >= 11 is 1.58. The summed E-state index contributed by atoms with van der Waals surface area (Å²) in [6, 6.07) is 7.24. The van der Waals surface area contributed by atoms with Crippen molar-refractivity contribution >= 4 is 17.6 Å². The van der Waals surface area contributed by atoms with Gasteiger partial charge in [0.15, 0.2) is 0 Å². The molecule has 18 heavy (non-hydrogen) atoms. The third-order valence-electron chi connectivity index (χ3n) is 2.99. The molecule has 0 aliphatic carbocycles. The second kappa shape index (κ2) is 5.44. The highest BCUT2D eigenvalue weighted by molar-refractivity contribution is 7.10. The molecule has 1 nitrogen and oxygen atoms in total. The lowest BCUT2D eigenvalue weighted by Gasteiger charge is -2.03. The molecule has 1 atom stereocenters. The second-order valence-corrected chi connectivity index (χ2v) is 5.47. The highest BCUT2D eigenvalue weighted by Crippen LogP contribution is 2.32. The van der Waals surface area contributed by atoms with E-state index in [1.165, 1.54) is 0 Å². The summed E-state index contributed by atoms with van der Waals surface area (Å²) in [7, 11) is 0. The number of aryl methyl sites for hydroxylation is 1. The number of carbonyl (C=O) groups excluding carboxylic acids is 1. The van der Waals surface area contributed by atoms with Gasteiger partial charge in [-0.25, -0.2) is 4.39 Å². The average molecular weight is 262 g/mol. The minimum atomic E-state index is -0.192. The van der Waals surface area contributed by atoms with Crippen LogP contribution in [-0.2, 0) is 4.79 Å². The van der Waals surface area contributed by atoms with Crippen molar-refractivity contribution in [2.45, 2.75) is 26.2 Å². The molecule has 1 aromatic carbocycles. The topological polar surface area (TPSA) is 17.1 Å². The quantitative estimate of drug-likeness (QED) is 0.738. The molecule has 0 saturated carbocycles. The van der Waals surface area contributed by atoms with Crippen LogP contribution < -0.4 is 0 Å². The first kappa shape index (κ1) is 13.0. The van der Waals surface area contributed by atoms with Crippen molar-refractivity contribution in [2.75, 3.05) is 0 Å². The molecule has 0 amide bonds. The van der Waals surface area contributed by atoms with E-state index >= 15 is 0 Å². The number of rotatable bonds is 4. The van der Waals surface area contributed by atoms with Crippen LogP contribution in [-0.4, -0.2) is 6.29 Å². The van der Waals surface area contributed by atoms with E-state index in [-0.39, 0.29) is 11.7 Å². The average Bonchev–Trinajstić information content (AvgIpc) is 2.78. The third kappa shape index (κ3) is 2.67. The molecule has 2 rings (SSSR count). The zero-order chi connectivity index (χ0) is 13.1. The number of carbonyl (C=O) groups is 1. The summed E-state index contributed by atoms with van der Waals surface area (Å²) < 4.78 is 13.8. The monoisotopic (exact) mass is 262 g/mol. The maximum absolute atomic E-state index is 13.8. The van der Waals surface area contributed by atoms with E-state index in [0.29, 0.717) is 12.0 Å². The van der Waals surface area contributed by atoms with Crippen molar-refractivity contribution in [2.24, 2.45) is 0 Å². The van der Waals surface area contributed by atoms with Gasteiger partial charge in [-0.15, -0.1) is 11.3 Å². The standard InChI is InChI=1S/C15H15FOS/c1-10-3-4-13(14(16)7-10)12-8-15(18-9-12)11(2)5-6-17/h3-4,6-9,11H,5H2,1-2H3. The number of thiophene rings is 1. The summed E-state index contributed by atoms with van der Waals surface area (Å²) in [4.78, 5) is 11.6. The molecular formula is C15H15FOS. The van der Waals surface area contributed by atoms with E-state index in [2.05, 4.69) is 0 Å². The van der Waals surface area contributed by atoms with Crippen LogP contribution in [0.1, 0.15) is 29.7 Å². The predicted molar refractivity (Wildman–Crippen MR) is 73.5 cm³/mol. The fraction of sp³-hybridized carbons (Fsp3) is 0.267. The Morgan fingerprint density at radius 2 is 2.17 bits per heavy atom. The van der Waals surface area contributed by atoms with Gasteiger partial charge < -0.3 is 4.79 Å². The molecule has 0 bridgehead atoms. The van der Waals surface area contributed by atoms with Crippen molar-refractivity contribution in [1.29, 1.82) is 0 Å². The number of halogens is 1. The van der Waals surface area contributed by atoms with Crippen molar-refractivity contribution in [1.82, 2.24) is 0 Å². The Morgan fingerprint density at radius 3 is 2.83 bits per heavy atom. The Balaban J connectivity index is 2.32. The van der Waals surface area contributed by atoms with Crippen LogP contribution in [0.25, 0.3) is 11.1 Å². The van der Waals surface area contributed by atoms with E-state index in [4.69, 9.17) is 0 Å². The van der Waals surface area contributed by atoms with Gasteiger partial charge in [0.2, 0.25) is 0 Å². The number of hydrogen-bond acceptors (Lipinski definition) is 2. The summed E-state index contributed by atoms with van der Waals surface area (Å²) in [6.07, 6.45) is 1.44. The lowest BCUT2D eigenvalue weighted by Crippen LogP contribution is -1.90. The summed E-state index contributed by atoms with van der Waals surface area (Å²) in [6.45, 7) is 3.88. The molecule has 94 valence electrons. The van der Waals surface area contributed by atoms with E-state index in [1.807, 2.05) is 31.4 Å². The third-order valence-corrected chi connectivity index (χ3v) is 4.15. The molecule has 0 saturated heterocycles. The molecule has 1 heterocycles. The minimum Gasteiger partial charge on any atom is -0.303 e. The molecule has 1 aromatic heterocycles. The molecule has 1 unspecified atom stereocenters. The van der Waals surface area contributed by atoms with Gasteiger partial charge in [-0.3, -0.25) is 0 Å². The molecule has 0 N–H and O–H groups in total. The Kier molecular flexibility index (Phi) is 3.92. The van der Waals surface area contributed by atoms with Gasteiger partial charge in [0, 0.05) is 16.9 Å². The van der Waals surface area contributed by atoms with E-state index in [9.17, 15) is 9.18 Å². The molecule has 0 aliphatic rings. The number of hydrogen-bond donors (Lipinski definition) is 0. The maximum atomic E-state index is 13.8. The summed E-state index contributed by atoms with van der Waals surface area (Å²) in [5.41, 5.74) is 2.44. The smallest absolute Gasteiger partial charge is 0.131 e. The van der Waals surface area contributed by atoms with E-state index in [1.54, 1.807) is 23.5 Å². The first-order chi connectivity index (χ1) is 8.61. The zero-order valence-corrected chi connectivity index (χ0v) is 11.3.